The highest BCUT2D eigenvalue weighted by Crippen LogP contribution is 2.60. The summed E-state index contributed by atoms with van der Waals surface area (Å²) in [7, 11) is 0. The molecule has 100 valence electrons. The molecule has 2 saturated carbocycles. The zero-order valence-electron chi connectivity index (χ0n) is 10.6. The molecule has 3 unspecified atom stereocenters. The van der Waals surface area contributed by atoms with Crippen molar-refractivity contribution in [3.05, 3.63) is 34.3 Å². The number of rotatable bonds is 2. The standard InChI is InChI=1S/C15H17NO3/c17-14(13-9-3-1-2-4-10(9)13)8-5-6-11-12(7-8)19-15(18)16-11/h5-7,9-10,13-14,17H,1-4H2,(H,16,18). The number of oxazole rings is 1. The second kappa shape index (κ2) is 3.97. The van der Waals surface area contributed by atoms with Crippen molar-refractivity contribution >= 4 is 11.1 Å². The van der Waals surface area contributed by atoms with Crippen molar-refractivity contribution in [2.45, 2.75) is 31.8 Å². The van der Waals surface area contributed by atoms with Crippen LogP contribution in [0, 0.1) is 17.8 Å². The van der Waals surface area contributed by atoms with Crippen molar-refractivity contribution in [1.29, 1.82) is 0 Å². The average molecular weight is 259 g/mol. The van der Waals surface area contributed by atoms with Gasteiger partial charge in [0.15, 0.2) is 5.58 Å². The fourth-order valence-electron chi connectivity index (χ4n) is 3.88. The van der Waals surface area contributed by atoms with Crippen LogP contribution in [0.2, 0.25) is 0 Å². The second-order valence-corrected chi connectivity index (χ2v) is 5.90. The highest BCUT2D eigenvalue weighted by Gasteiger charge is 2.54. The maximum atomic E-state index is 11.1. The third kappa shape index (κ3) is 1.74. The van der Waals surface area contributed by atoms with Crippen LogP contribution in [0.4, 0.5) is 0 Å². The summed E-state index contributed by atoms with van der Waals surface area (Å²) in [4.78, 5) is 13.8. The number of aromatic nitrogens is 1. The summed E-state index contributed by atoms with van der Waals surface area (Å²) in [6, 6.07) is 5.50. The molecule has 4 rings (SSSR count). The Hall–Kier alpha value is -1.55. The summed E-state index contributed by atoms with van der Waals surface area (Å²) in [6.45, 7) is 0. The molecule has 0 bridgehead atoms. The lowest BCUT2D eigenvalue weighted by Gasteiger charge is -2.10. The lowest BCUT2D eigenvalue weighted by Crippen LogP contribution is -2.02. The van der Waals surface area contributed by atoms with Gasteiger partial charge in [0, 0.05) is 0 Å². The van der Waals surface area contributed by atoms with Gasteiger partial charge in [-0.05, 0) is 48.3 Å². The summed E-state index contributed by atoms with van der Waals surface area (Å²) in [5.41, 5.74) is 2.09. The molecule has 1 aromatic carbocycles. The van der Waals surface area contributed by atoms with Gasteiger partial charge in [-0.1, -0.05) is 18.9 Å². The van der Waals surface area contributed by atoms with Gasteiger partial charge in [0.1, 0.15) is 0 Å². The van der Waals surface area contributed by atoms with Crippen molar-refractivity contribution in [2.75, 3.05) is 0 Å². The van der Waals surface area contributed by atoms with Crippen LogP contribution >= 0.6 is 0 Å². The molecule has 1 heterocycles. The Bertz CT molecular complexity index is 659. The first-order valence-corrected chi connectivity index (χ1v) is 7.05. The fraction of sp³-hybridized carbons (Fsp3) is 0.533. The van der Waals surface area contributed by atoms with E-state index in [-0.39, 0.29) is 0 Å². The highest BCUT2D eigenvalue weighted by atomic mass is 16.4. The van der Waals surface area contributed by atoms with Crippen LogP contribution in [-0.4, -0.2) is 10.1 Å². The predicted molar refractivity (Wildman–Crippen MR) is 70.7 cm³/mol. The number of hydrogen-bond donors (Lipinski definition) is 2. The molecule has 0 amide bonds. The zero-order valence-corrected chi connectivity index (χ0v) is 10.6. The molecule has 0 saturated heterocycles. The van der Waals surface area contributed by atoms with E-state index in [1.165, 1.54) is 25.7 Å². The molecule has 4 nitrogen and oxygen atoms in total. The molecule has 19 heavy (non-hydrogen) atoms. The second-order valence-electron chi connectivity index (χ2n) is 5.90. The summed E-state index contributed by atoms with van der Waals surface area (Å²) < 4.78 is 5.06. The van der Waals surface area contributed by atoms with Crippen LogP contribution in [0.25, 0.3) is 11.1 Å². The first-order valence-electron chi connectivity index (χ1n) is 7.05. The Morgan fingerprint density at radius 2 is 2.00 bits per heavy atom. The largest absolute Gasteiger partial charge is 0.417 e. The Balaban J connectivity index is 1.64. The smallest absolute Gasteiger partial charge is 0.408 e. The molecular weight excluding hydrogens is 242 g/mol. The number of aromatic amines is 1. The minimum absolute atomic E-state index is 0.408. The van der Waals surface area contributed by atoms with Crippen LogP contribution in [-0.2, 0) is 0 Å². The monoisotopic (exact) mass is 259 g/mol. The van der Waals surface area contributed by atoms with E-state index < -0.39 is 11.9 Å². The molecule has 2 fully saturated rings. The van der Waals surface area contributed by atoms with Gasteiger partial charge in [-0.15, -0.1) is 0 Å². The quantitative estimate of drug-likeness (QED) is 0.871. The predicted octanol–water partition coefficient (Wildman–Crippen LogP) is 2.59. The SMILES string of the molecule is O=c1[nH]c2ccc(C(O)C3C4CCCCC43)cc2o1. The van der Waals surface area contributed by atoms with E-state index in [2.05, 4.69) is 4.98 Å². The normalized spacial score (nSPS) is 31.1. The third-order valence-corrected chi connectivity index (χ3v) is 4.87. The van der Waals surface area contributed by atoms with E-state index >= 15 is 0 Å². The topological polar surface area (TPSA) is 66.2 Å². The van der Waals surface area contributed by atoms with Gasteiger partial charge in [0.05, 0.1) is 11.6 Å². The minimum atomic E-state index is -0.443. The van der Waals surface area contributed by atoms with Crippen LogP contribution in [0.3, 0.4) is 0 Å². The number of fused-ring (bicyclic) bond motifs is 2. The van der Waals surface area contributed by atoms with Crippen LogP contribution in [0.15, 0.2) is 27.4 Å². The summed E-state index contributed by atoms with van der Waals surface area (Å²) in [6.07, 6.45) is 4.70. The van der Waals surface area contributed by atoms with E-state index in [9.17, 15) is 9.90 Å². The number of H-pyrrole nitrogens is 1. The lowest BCUT2D eigenvalue weighted by molar-refractivity contribution is 0.142. The molecule has 2 aliphatic rings. The molecule has 0 radical (unpaired) electrons. The maximum Gasteiger partial charge on any atom is 0.417 e. The van der Waals surface area contributed by atoms with Gasteiger partial charge in [-0.25, -0.2) is 4.79 Å². The van der Waals surface area contributed by atoms with Gasteiger partial charge in [-0.2, -0.15) is 0 Å². The molecule has 1 aromatic heterocycles. The van der Waals surface area contributed by atoms with Crippen molar-refractivity contribution < 1.29 is 9.52 Å². The maximum absolute atomic E-state index is 11.1. The van der Waals surface area contributed by atoms with Gasteiger partial charge in [-0.3, -0.25) is 4.98 Å². The molecular formula is C15H17NO3. The third-order valence-electron chi connectivity index (χ3n) is 4.87. The molecule has 2 N–H and O–H groups in total. The van der Waals surface area contributed by atoms with Crippen LogP contribution in [0.1, 0.15) is 37.4 Å². The number of benzene rings is 1. The number of nitrogens with one attached hydrogen (secondary N) is 1. The van der Waals surface area contributed by atoms with Crippen molar-refractivity contribution in [3.63, 3.8) is 0 Å². The number of aliphatic hydroxyl groups is 1. The molecule has 4 heteroatoms. The lowest BCUT2D eigenvalue weighted by atomic mass is 10.0. The summed E-state index contributed by atoms with van der Waals surface area (Å²) in [5, 5.41) is 10.5. The first-order chi connectivity index (χ1) is 9.24. The van der Waals surface area contributed by atoms with Crippen molar-refractivity contribution in [2.24, 2.45) is 17.8 Å². The highest BCUT2D eigenvalue weighted by molar-refractivity contribution is 5.72. The molecule has 2 aromatic rings. The van der Waals surface area contributed by atoms with Crippen LogP contribution in [0.5, 0.6) is 0 Å². The van der Waals surface area contributed by atoms with Gasteiger partial charge in [0.25, 0.3) is 0 Å². The Morgan fingerprint density at radius 3 is 2.74 bits per heavy atom. The molecule has 0 aliphatic heterocycles. The molecule has 0 spiro atoms. The summed E-state index contributed by atoms with van der Waals surface area (Å²) in [5.74, 6) is 1.38. The van der Waals surface area contributed by atoms with E-state index in [0.29, 0.717) is 28.9 Å². The van der Waals surface area contributed by atoms with Crippen molar-refractivity contribution in [1.82, 2.24) is 4.98 Å². The fourth-order valence-corrected chi connectivity index (χ4v) is 3.88. The van der Waals surface area contributed by atoms with E-state index in [1.807, 2.05) is 12.1 Å². The zero-order chi connectivity index (χ0) is 13.0. The summed E-state index contributed by atoms with van der Waals surface area (Å²) >= 11 is 0. The van der Waals surface area contributed by atoms with Crippen LogP contribution < -0.4 is 5.76 Å². The first kappa shape index (κ1) is 11.3. The van der Waals surface area contributed by atoms with Gasteiger partial charge in [0.2, 0.25) is 0 Å². The van der Waals surface area contributed by atoms with E-state index in [1.54, 1.807) is 6.07 Å². The van der Waals surface area contributed by atoms with Gasteiger partial charge < -0.3 is 9.52 Å². The average Bonchev–Trinajstić information content (AvgIpc) is 3.02. The Morgan fingerprint density at radius 1 is 1.26 bits per heavy atom. The van der Waals surface area contributed by atoms with Crippen molar-refractivity contribution in [3.8, 4) is 0 Å². The van der Waals surface area contributed by atoms with Gasteiger partial charge >= 0.3 is 5.76 Å². The minimum Gasteiger partial charge on any atom is -0.408 e. The molecule has 3 atom stereocenters. The Labute approximate surface area is 110 Å². The van der Waals surface area contributed by atoms with E-state index in [4.69, 9.17) is 4.42 Å². The number of aliphatic hydroxyl groups excluding tert-OH is 1. The molecule has 2 aliphatic carbocycles. The van der Waals surface area contributed by atoms with E-state index in [0.717, 1.165) is 5.56 Å². The number of hydrogen-bond acceptors (Lipinski definition) is 3. The Kier molecular flexibility index (Phi) is 2.36.